The zero-order valence-electron chi connectivity index (χ0n) is 65.3. The highest BCUT2D eigenvalue weighted by molar-refractivity contribution is 5.69. The number of halogens is 2. The van der Waals surface area contributed by atoms with E-state index in [9.17, 15) is 8.78 Å². The number of rotatable bonds is 12. The van der Waals surface area contributed by atoms with Gasteiger partial charge in [-0.25, -0.2) is 8.78 Å². The molecule has 0 unspecified atom stereocenters. The summed E-state index contributed by atoms with van der Waals surface area (Å²) in [4.78, 5) is 13.0. The van der Waals surface area contributed by atoms with Gasteiger partial charge in [-0.1, -0.05) is 295 Å². The number of allylic oxidation sites excluding steroid dienone is 4. The van der Waals surface area contributed by atoms with Gasteiger partial charge in [0, 0.05) is 48.3 Å². The number of nitrogens with zero attached hydrogens (tertiary/aromatic N) is 3. The Kier molecular flexibility index (Phi) is 29.6. The fourth-order valence-electron chi connectivity index (χ4n) is 12.8. The fraction of sp³-hybridized carbons (Fsp3) is 0.371. The molecule has 2 aliphatic carbocycles. The highest BCUT2D eigenvalue weighted by Crippen LogP contribution is 2.33. The second-order valence-corrected chi connectivity index (χ2v) is 35.3. The van der Waals surface area contributed by atoms with Crippen LogP contribution in [0.15, 0.2) is 250 Å². The molecule has 0 radical (unpaired) electrons. The molecule has 0 atom stereocenters. The highest BCUT2D eigenvalue weighted by Gasteiger charge is 2.18. The summed E-state index contributed by atoms with van der Waals surface area (Å²) in [5.74, 6) is -0.402. The van der Waals surface area contributed by atoms with Gasteiger partial charge in [-0.15, -0.1) is 0 Å². The monoisotopic (exact) mass is 1360 g/mol. The maximum absolute atomic E-state index is 12.9. The average molecular weight is 1370 g/mol. The number of hydrogen-bond acceptors (Lipinski definition) is 3. The van der Waals surface area contributed by atoms with E-state index in [1.807, 2.05) is 55.4 Å². The van der Waals surface area contributed by atoms with Crippen molar-refractivity contribution in [3.8, 4) is 44.5 Å². The minimum absolute atomic E-state index is 0.192. The molecule has 0 bridgehead atoms. The van der Waals surface area contributed by atoms with Crippen molar-refractivity contribution in [1.29, 1.82) is 0 Å². The van der Waals surface area contributed by atoms with Gasteiger partial charge in [-0.05, 0) is 241 Å². The van der Waals surface area contributed by atoms with Crippen LogP contribution in [0.25, 0.3) is 55.7 Å². The summed E-state index contributed by atoms with van der Waals surface area (Å²) in [7, 11) is 0. The zero-order chi connectivity index (χ0) is 74.1. The predicted molar refractivity (Wildman–Crippen MR) is 436 cm³/mol. The third-order valence-electron chi connectivity index (χ3n) is 17.0. The molecule has 102 heavy (non-hydrogen) atoms. The predicted octanol–water partition coefficient (Wildman–Crippen LogP) is 27.9. The molecule has 0 N–H and O–H groups in total. The minimum Gasteiger partial charge on any atom is -0.264 e. The first-order chi connectivity index (χ1) is 48.1. The van der Waals surface area contributed by atoms with E-state index >= 15 is 0 Å². The van der Waals surface area contributed by atoms with Crippen molar-refractivity contribution >= 4 is 11.1 Å². The van der Waals surface area contributed by atoms with Crippen LogP contribution < -0.4 is 0 Å². The summed E-state index contributed by atoms with van der Waals surface area (Å²) in [5, 5.41) is 0. The van der Waals surface area contributed by atoms with E-state index in [-0.39, 0.29) is 17.0 Å². The van der Waals surface area contributed by atoms with Crippen molar-refractivity contribution in [3.63, 3.8) is 0 Å². The molecule has 0 saturated carbocycles. The first kappa shape index (κ1) is 80.6. The van der Waals surface area contributed by atoms with Crippen molar-refractivity contribution in [1.82, 2.24) is 15.0 Å². The van der Waals surface area contributed by atoms with E-state index in [1.165, 1.54) is 135 Å². The van der Waals surface area contributed by atoms with Gasteiger partial charge in [0.15, 0.2) is 0 Å². The quantitative estimate of drug-likeness (QED) is 0.122. The summed E-state index contributed by atoms with van der Waals surface area (Å²) in [6.45, 7) is 40.6. The lowest BCUT2D eigenvalue weighted by molar-refractivity contribution is 0.410. The molecule has 5 heteroatoms. The molecule has 2 aliphatic rings. The third kappa shape index (κ3) is 30.9. The Hall–Kier alpha value is -8.67. The largest absolute Gasteiger partial charge is 0.264 e. The average Bonchev–Trinajstić information content (AvgIpc) is 1.09. The zero-order valence-corrected chi connectivity index (χ0v) is 65.3. The Morgan fingerprint density at radius 1 is 0.245 bits per heavy atom. The maximum atomic E-state index is 12.9. The molecule has 7 aromatic carbocycles. The van der Waals surface area contributed by atoms with E-state index in [4.69, 9.17) is 0 Å². The van der Waals surface area contributed by atoms with Crippen LogP contribution in [0.3, 0.4) is 0 Å². The smallest absolute Gasteiger partial charge is 0.123 e. The summed E-state index contributed by atoms with van der Waals surface area (Å²) < 4.78 is 25.7. The first-order valence-corrected chi connectivity index (χ1v) is 37.2. The van der Waals surface area contributed by atoms with Gasteiger partial charge in [0.1, 0.15) is 11.6 Å². The Balaban J connectivity index is 0.000000172. The molecule has 12 rings (SSSR count). The van der Waals surface area contributed by atoms with Crippen LogP contribution in [-0.2, 0) is 38.5 Å². The minimum atomic E-state index is -0.211. The third-order valence-corrected chi connectivity index (χ3v) is 17.0. The van der Waals surface area contributed by atoms with Crippen LogP contribution in [0.5, 0.6) is 0 Å². The second kappa shape index (κ2) is 37.5. The second-order valence-electron chi connectivity index (χ2n) is 35.3. The first-order valence-electron chi connectivity index (χ1n) is 37.2. The lowest BCUT2D eigenvalue weighted by Crippen LogP contribution is -2.09. The number of benzene rings is 7. The van der Waals surface area contributed by atoms with Gasteiger partial charge >= 0.3 is 0 Å². The van der Waals surface area contributed by atoms with Gasteiger partial charge in [-0.3, -0.25) is 15.0 Å². The molecule has 0 fully saturated rings. The molecule has 0 spiro atoms. The summed E-state index contributed by atoms with van der Waals surface area (Å²) >= 11 is 0. The molecule has 3 nitrogen and oxygen atoms in total. The lowest BCUT2D eigenvalue weighted by atomic mass is 9.87. The summed E-state index contributed by atoms with van der Waals surface area (Å²) in [6, 6.07) is 67.3. The van der Waals surface area contributed by atoms with Crippen molar-refractivity contribution < 1.29 is 8.78 Å². The Morgan fingerprint density at radius 3 is 0.853 bits per heavy atom. The van der Waals surface area contributed by atoms with Crippen LogP contribution in [0, 0.1) is 44.1 Å². The van der Waals surface area contributed by atoms with Crippen molar-refractivity contribution in [3.05, 3.63) is 306 Å². The summed E-state index contributed by atoms with van der Waals surface area (Å²) in [6.07, 6.45) is 30.5. The van der Waals surface area contributed by atoms with Gasteiger partial charge in [0.2, 0.25) is 0 Å². The highest BCUT2D eigenvalue weighted by atomic mass is 19.1. The molecule has 0 aliphatic heterocycles. The molecule has 0 saturated heterocycles. The fourth-order valence-corrected chi connectivity index (χ4v) is 12.8. The Morgan fingerprint density at radius 2 is 0.510 bits per heavy atom. The van der Waals surface area contributed by atoms with Gasteiger partial charge in [0.05, 0.1) is 0 Å². The van der Waals surface area contributed by atoms with Crippen molar-refractivity contribution in [2.45, 2.75) is 202 Å². The van der Waals surface area contributed by atoms with Crippen LogP contribution >= 0.6 is 0 Å². The Labute approximate surface area is 615 Å². The topological polar surface area (TPSA) is 38.7 Å². The molecule has 10 aromatic rings. The summed E-state index contributed by atoms with van der Waals surface area (Å²) in [5.41, 5.74) is 25.1. The van der Waals surface area contributed by atoms with Gasteiger partial charge < -0.3 is 0 Å². The van der Waals surface area contributed by atoms with Crippen LogP contribution in [0.4, 0.5) is 8.78 Å². The SMILES string of the molecule is CC(C)(C)Cc1ccc(-c2ccc(F)cc2)cc1.CC(C)(C)Cc1ccc(-c2ccccc2)cc1.CC(C)(C)Cc1cccc(C2=CCCC2)c1.CC(C)(C)Cc1cncc(-c2ccc(F)cc2)c1.CC(C)(C)Cc1cncc(-c2ccccc2)c1.CC(C)(C)Cc1cncc(C2=CCCC2)c1. The lowest BCUT2D eigenvalue weighted by Gasteiger charge is -2.18. The van der Waals surface area contributed by atoms with E-state index in [2.05, 4.69) is 297 Å². The normalized spacial score (nSPS) is 13.0. The Bertz CT molecular complexity index is 4100. The van der Waals surface area contributed by atoms with Crippen LogP contribution in [-0.4, -0.2) is 15.0 Å². The number of aromatic nitrogens is 3. The van der Waals surface area contributed by atoms with E-state index in [1.54, 1.807) is 17.7 Å². The molecular formula is C97H119F2N3. The number of hydrogen-bond donors (Lipinski definition) is 0. The molecule has 3 heterocycles. The van der Waals surface area contributed by atoms with Crippen LogP contribution in [0.1, 0.15) is 208 Å². The van der Waals surface area contributed by atoms with Crippen LogP contribution in [0.2, 0.25) is 0 Å². The van der Waals surface area contributed by atoms with E-state index in [0.717, 1.165) is 60.8 Å². The van der Waals surface area contributed by atoms with E-state index < -0.39 is 0 Å². The standard InChI is InChI=1S/C17H19F.C17H20.C16H18FN.C16H19N.C16H22.C15H21N/c1-17(2,3)12-13-4-6-14(7-5-13)15-8-10-16(18)11-9-15;1-17(2,3)13-14-9-11-16(12-10-14)15-7-5-4-6-8-15;1-16(2,3)9-12-8-14(11-18-10-12)13-4-6-15(17)7-5-13;1-16(2,3)10-13-9-15(12-17-11-13)14-7-5-4-6-8-14;1-16(2,3)12-13-7-6-10-15(11-13)14-8-4-5-9-14;1-15(2,3)9-12-8-14(11-16-10-12)13-6-4-5-7-13/h4-11H,12H2,1-3H3;4-12H,13H2,1-3H3;4-8,10-11H,9H2,1-3H3;4-9,11-12H,10H2,1-3H3;6-8,10-11H,4-5,9,12H2,1-3H3;6,8,10-11H,4-5,7,9H2,1-3H3. The van der Waals surface area contributed by atoms with Crippen molar-refractivity contribution in [2.24, 2.45) is 32.5 Å². The number of pyridine rings is 3. The molecule has 0 amide bonds. The maximum Gasteiger partial charge on any atom is 0.123 e. The molecule has 3 aromatic heterocycles. The molecule has 536 valence electrons. The molecular weight excluding hydrogens is 1250 g/mol. The van der Waals surface area contributed by atoms with E-state index in [0.29, 0.717) is 27.1 Å². The van der Waals surface area contributed by atoms with Gasteiger partial charge in [0.25, 0.3) is 0 Å². The van der Waals surface area contributed by atoms with Crippen molar-refractivity contribution in [2.75, 3.05) is 0 Å². The van der Waals surface area contributed by atoms with Gasteiger partial charge in [-0.2, -0.15) is 0 Å².